The molecule has 0 saturated heterocycles. The lowest BCUT2D eigenvalue weighted by Crippen LogP contribution is -2.19. The molecule has 5 heteroatoms. The average Bonchev–Trinajstić information content (AvgIpc) is 2.45. The van der Waals surface area contributed by atoms with Crippen LogP contribution in [0.25, 0.3) is 0 Å². The molecule has 4 nitrogen and oxygen atoms in total. The van der Waals surface area contributed by atoms with E-state index in [1.54, 1.807) is 31.2 Å². The van der Waals surface area contributed by atoms with Crippen LogP contribution in [0.5, 0.6) is 5.75 Å². The van der Waals surface area contributed by atoms with Crippen LogP contribution in [0, 0.1) is 5.82 Å². The van der Waals surface area contributed by atoms with Crippen molar-refractivity contribution in [2.75, 3.05) is 0 Å². The van der Waals surface area contributed by atoms with Gasteiger partial charge in [0.25, 0.3) is 5.91 Å². The van der Waals surface area contributed by atoms with Gasteiger partial charge in [0.15, 0.2) is 0 Å². The molecule has 2 aromatic carbocycles. The predicted octanol–water partition coefficient (Wildman–Crippen LogP) is 2.69. The fourth-order valence-electron chi connectivity index (χ4n) is 1.64. The lowest BCUT2D eigenvalue weighted by molar-refractivity contribution is 0.0952. The van der Waals surface area contributed by atoms with E-state index in [-0.39, 0.29) is 17.1 Å². The molecule has 0 heterocycles. The van der Waals surface area contributed by atoms with E-state index in [1.807, 2.05) is 0 Å². The number of aromatic hydroxyl groups is 1. The molecule has 0 aliphatic heterocycles. The largest absolute Gasteiger partial charge is 0.507 e. The molecule has 2 aromatic rings. The number of hydrogen-bond donors (Lipinski definition) is 2. The topological polar surface area (TPSA) is 61.7 Å². The van der Waals surface area contributed by atoms with Gasteiger partial charge < -0.3 is 5.11 Å². The van der Waals surface area contributed by atoms with Crippen molar-refractivity contribution in [3.8, 4) is 5.75 Å². The first-order valence-electron chi connectivity index (χ1n) is 5.96. The van der Waals surface area contributed by atoms with E-state index in [2.05, 4.69) is 10.5 Å². The Morgan fingerprint density at radius 3 is 2.65 bits per heavy atom. The minimum atomic E-state index is -0.529. The molecule has 20 heavy (non-hydrogen) atoms. The molecular weight excluding hydrogens is 259 g/mol. The summed E-state index contributed by atoms with van der Waals surface area (Å²) in [5.41, 5.74) is 3.49. The maximum Gasteiger partial charge on any atom is 0.275 e. The number of amides is 1. The quantitative estimate of drug-likeness (QED) is 0.666. The molecule has 0 fully saturated rings. The summed E-state index contributed by atoms with van der Waals surface area (Å²) in [7, 11) is 0. The van der Waals surface area contributed by atoms with E-state index in [4.69, 9.17) is 0 Å². The lowest BCUT2D eigenvalue weighted by Gasteiger charge is -2.04. The number of hydrogen-bond acceptors (Lipinski definition) is 3. The van der Waals surface area contributed by atoms with Crippen LogP contribution in [-0.2, 0) is 0 Å². The highest BCUT2D eigenvalue weighted by Gasteiger charge is 2.09. The van der Waals surface area contributed by atoms with Crippen LogP contribution in [-0.4, -0.2) is 16.7 Å². The summed E-state index contributed by atoms with van der Waals surface area (Å²) >= 11 is 0. The molecule has 2 N–H and O–H groups in total. The summed E-state index contributed by atoms with van der Waals surface area (Å²) in [6.45, 7) is 1.65. The Morgan fingerprint density at radius 1 is 1.20 bits per heavy atom. The van der Waals surface area contributed by atoms with E-state index in [9.17, 15) is 14.3 Å². The number of carbonyl (C=O) groups is 1. The number of nitrogens with one attached hydrogen (secondary N) is 1. The summed E-state index contributed by atoms with van der Waals surface area (Å²) in [4.78, 5) is 11.8. The summed E-state index contributed by atoms with van der Waals surface area (Å²) < 4.78 is 13.1. The Hall–Kier alpha value is -2.69. The second-order valence-electron chi connectivity index (χ2n) is 4.17. The van der Waals surface area contributed by atoms with Gasteiger partial charge in [-0.3, -0.25) is 4.79 Å². The Morgan fingerprint density at radius 2 is 1.95 bits per heavy atom. The number of phenols is 1. The van der Waals surface area contributed by atoms with Crippen LogP contribution < -0.4 is 5.43 Å². The number of hydrazone groups is 1. The molecular formula is C15H13FN2O2. The van der Waals surface area contributed by atoms with Crippen LogP contribution in [0.3, 0.4) is 0 Å². The van der Waals surface area contributed by atoms with E-state index < -0.39 is 5.91 Å². The number of nitrogens with zero attached hydrogens (tertiary/aromatic N) is 1. The van der Waals surface area contributed by atoms with Crippen molar-refractivity contribution in [1.29, 1.82) is 0 Å². The molecule has 0 radical (unpaired) electrons. The van der Waals surface area contributed by atoms with Crippen molar-refractivity contribution < 1.29 is 14.3 Å². The zero-order chi connectivity index (χ0) is 14.5. The molecule has 1 amide bonds. The van der Waals surface area contributed by atoms with Gasteiger partial charge in [0, 0.05) is 5.56 Å². The Bertz CT molecular complexity index is 668. The minimum Gasteiger partial charge on any atom is -0.507 e. The van der Waals surface area contributed by atoms with Crippen LogP contribution in [0.15, 0.2) is 53.6 Å². The maximum atomic E-state index is 13.1. The molecule has 0 aliphatic carbocycles. The number of benzene rings is 2. The van der Waals surface area contributed by atoms with Gasteiger partial charge in [0.1, 0.15) is 11.6 Å². The molecule has 0 bridgehead atoms. The van der Waals surface area contributed by atoms with Gasteiger partial charge in [0.05, 0.1) is 11.3 Å². The molecule has 0 spiro atoms. The molecule has 2 rings (SSSR count). The first kappa shape index (κ1) is 13.7. The fourth-order valence-corrected chi connectivity index (χ4v) is 1.64. The zero-order valence-electron chi connectivity index (χ0n) is 10.8. The van der Waals surface area contributed by atoms with Crippen LogP contribution in [0.1, 0.15) is 22.8 Å². The van der Waals surface area contributed by atoms with E-state index >= 15 is 0 Å². The third kappa shape index (κ3) is 3.20. The Balaban J connectivity index is 2.13. The highest BCUT2D eigenvalue weighted by atomic mass is 19.1. The standard InChI is InChI=1S/C15H13FN2O2/c1-10(11-5-4-6-12(16)9-11)17-18-15(20)13-7-2-3-8-14(13)19/h2-9,19H,1H3,(H,18,20)/b17-10+. The highest BCUT2D eigenvalue weighted by Crippen LogP contribution is 2.15. The summed E-state index contributed by atoms with van der Waals surface area (Å²) in [6, 6.07) is 12.1. The fraction of sp³-hybridized carbons (Fsp3) is 0.0667. The second kappa shape index (κ2) is 5.97. The summed E-state index contributed by atoms with van der Waals surface area (Å²) in [6.07, 6.45) is 0. The molecule has 0 aromatic heterocycles. The van der Waals surface area contributed by atoms with Gasteiger partial charge in [-0.05, 0) is 31.2 Å². The molecule has 0 atom stereocenters. The first-order chi connectivity index (χ1) is 9.58. The summed E-state index contributed by atoms with van der Waals surface area (Å²) in [5, 5.41) is 13.4. The highest BCUT2D eigenvalue weighted by molar-refractivity contribution is 6.01. The van der Waals surface area contributed by atoms with Crippen molar-refractivity contribution in [3.05, 3.63) is 65.5 Å². The SMILES string of the molecule is C/C(=N\NC(=O)c1ccccc1O)c1cccc(F)c1. The number of carbonyl (C=O) groups excluding carboxylic acids is 1. The Kier molecular flexibility index (Phi) is 4.10. The third-order valence-corrected chi connectivity index (χ3v) is 2.72. The number of para-hydroxylation sites is 1. The number of phenolic OH excluding ortho intramolecular Hbond substituents is 1. The second-order valence-corrected chi connectivity index (χ2v) is 4.17. The molecule has 102 valence electrons. The minimum absolute atomic E-state index is 0.122. The number of halogens is 1. The van der Waals surface area contributed by atoms with Gasteiger partial charge in [-0.2, -0.15) is 5.10 Å². The van der Waals surface area contributed by atoms with Crippen LogP contribution in [0.2, 0.25) is 0 Å². The van der Waals surface area contributed by atoms with Gasteiger partial charge in [0.2, 0.25) is 0 Å². The molecule has 0 aliphatic rings. The van der Waals surface area contributed by atoms with Gasteiger partial charge in [-0.1, -0.05) is 24.3 Å². The molecule has 0 unspecified atom stereocenters. The lowest BCUT2D eigenvalue weighted by atomic mass is 10.1. The van der Waals surface area contributed by atoms with E-state index in [0.717, 1.165) is 0 Å². The smallest absolute Gasteiger partial charge is 0.275 e. The van der Waals surface area contributed by atoms with Crippen molar-refractivity contribution in [3.63, 3.8) is 0 Å². The monoisotopic (exact) mass is 272 g/mol. The normalized spacial score (nSPS) is 11.2. The summed E-state index contributed by atoms with van der Waals surface area (Å²) in [5.74, 6) is -1.02. The Labute approximate surface area is 115 Å². The van der Waals surface area contributed by atoms with Gasteiger partial charge in [-0.15, -0.1) is 0 Å². The first-order valence-corrected chi connectivity index (χ1v) is 5.96. The van der Waals surface area contributed by atoms with E-state index in [1.165, 1.54) is 24.3 Å². The van der Waals surface area contributed by atoms with Crippen molar-refractivity contribution in [2.24, 2.45) is 5.10 Å². The van der Waals surface area contributed by atoms with Gasteiger partial charge in [-0.25, -0.2) is 9.82 Å². The van der Waals surface area contributed by atoms with Crippen molar-refractivity contribution in [1.82, 2.24) is 5.43 Å². The third-order valence-electron chi connectivity index (χ3n) is 2.72. The van der Waals surface area contributed by atoms with Crippen molar-refractivity contribution >= 4 is 11.6 Å². The van der Waals surface area contributed by atoms with Crippen molar-refractivity contribution in [2.45, 2.75) is 6.92 Å². The van der Waals surface area contributed by atoms with Crippen LogP contribution >= 0.6 is 0 Å². The zero-order valence-corrected chi connectivity index (χ0v) is 10.8. The number of rotatable bonds is 3. The predicted molar refractivity (Wildman–Crippen MR) is 74.2 cm³/mol. The van der Waals surface area contributed by atoms with Gasteiger partial charge >= 0.3 is 0 Å². The van der Waals surface area contributed by atoms with Crippen LogP contribution in [0.4, 0.5) is 4.39 Å². The average molecular weight is 272 g/mol. The van der Waals surface area contributed by atoms with E-state index in [0.29, 0.717) is 11.3 Å². The maximum absolute atomic E-state index is 13.1. The molecule has 0 saturated carbocycles.